The van der Waals surface area contributed by atoms with Crippen LogP contribution in [-0.2, 0) is 0 Å². The Morgan fingerprint density at radius 1 is 1.11 bits per heavy atom. The molecule has 0 bridgehead atoms. The van der Waals surface area contributed by atoms with Crippen LogP contribution in [0.1, 0.15) is 45.2 Å². The van der Waals surface area contributed by atoms with Crippen LogP contribution in [0.4, 0.5) is 0 Å². The van der Waals surface area contributed by atoms with E-state index in [4.69, 9.17) is 4.74 Å². The van der Waals surface area contributed by atoms with E-state index in [0.717, 1.165) is 25.1 Å². The summed E-state index contributed by atoms with van der Waals surface area (Å²) in [7, 11) is 0. The summed E-state index contributed by atoms with van der Waals surface area (Å²) in [5, 5.41) is 12.9. The predicted octanol–water partition coefficient (Wildman–Crippen LogP) is 2.90. The van der Waals surface area contributed by atoms with E-state index in [1.807, 2.05) is 19.1 Å². The number of rotatable bonds is 8. The standard InChI is InChI=1S/C15H25NO2/c1-4-13(17)11-18-14-9-7-12(8-10-14)15(5-2)16-6-3/h7-10,13,15-17H,4-6,11H2,1-3H3. The van der Waals surface area contributed by atoms with Crippen LogP contribution in [0.5, 0.6) is 5.75 Å². The molecular weight excluding hydrogens is 226 g/mol. The van der Waals surface area contributed by atoms with E-state index in [0.29, 0.717) is 12.6 Å². The fourth-order valence-electron chi connectivity index (χ4n) is 1.85. The van der Waals surface area contributed by atoms with Crippen molar-refractivity contribution in [2.75, 3.05) is 13.2 Å². The molecule has 2 atom stereocenters. The molecule has 1 aromatic carbocycles. The van der Waals surface area contributed by atoms with Gasteiger partial charge in [0.2, 0.25) is 0 Å². The minimum atomic E-state index is -0.380. The van der Waals surface area contributed by atoms with E-state index in [9.17, 15) is 5.11 Å². The Balaban J connectivity index is 2.56. The SMILES string of the molecule is CCNC(CC)c1ccc(OCC(O)CC)cc1. The highest BCUT2D eigenvalue weighted by molar-refractivity contribution is 5.29. The van der Waals surface area contributed by atoms with Gasteiger partial charge in [0.15, 0.2) is 0 Å². The zero-order chi connectivity index (χ0) is 13.4. The summed E-state index contributed by atoms with van der Waals surface area (Å²) >= 11 is 0. The van der Waals surface area contributed by atoms with Crippen molar-refractivity contribution < 1.29 is 9.84 Å². The van der Waals surface area contributed by atoms with Gasteiger partial charge in [-0.3, -0.25) is 0 Å². The molecule has 0 saturated heterocycles. The second-order valence-electron chi connectivity index (χ2n) is 4.46. The minimum Gasteiger partial charge on any atom is -0.491 e. The molecule has 0 aliphatic carbocycles. The van der Waals surface area contributed by atoms with Crippen molar-refractivity contribution in [3.05, 3.63) is 29.8 Å². The number of aliphatic hydroxyl groups is 1. The fraction of sp³-hybridized carbons (Fsp3) is 0.600. The van der Waals surface area contributed by atoms with E-state index in [2.05, 4.69) is 31.3 Å². The van der Waals surface area contributed by atoms with E-state index < -0.39 is 0 Å². The average molecular weight is 251 g/mol. The Hall–Kier alpha value is -1.06. The minimum absolute atomic E-state index is 0.361. The Kier molecular flexibility index (Phi) is 6.76. The van der Waals surface area contributed by atoms with Crippen molar-refractivity contribution in [3.8, 4) is 5.75 Å². The molecule has 3 heteroatoms. The zero-order valence-corrected chi connectivity index (χ0v) is 11.6. The number of ether oxygens (including phenoxy) is 1. The molecule has 0 saturated carbocycles. The summed E-state index contributed by atoms with van der Waals surface area (Å²) in [6.07, 6.45) is 1.41. The number of aliphatic hydroxyl groups excluding tert-OH is 1. The van der Waals surface area contributed by atoms with Crippen LogP contribution in [0.15, 0.2) is 24.3 Å². The molecule has 0 aliphatic heterocycles. The van der Waals surface area contributed by atoms with Gasteiger partial charge in [0.1, 0.15) is 12.4 Å². The number of hydrogen-bond acceptors (Lipinski definition) is 3. The quantitative estimate of drug-likeness (QED) is 0.746. The van der Waals surface area contributed by atoms with Crippen molar-refractivity contribution in [2.45, 2.75) is 45.8 Å². The van der Waals surface area contributed by atoms with Crippen LogP contribution >= 0.6 is 0 Å². The first-order valence-electron chi connectivity index (χ1n) is 6.85. The molecule has 0 aliphatic rings. The first-order valence-corrected chi connectivity index (χ1v) is 6.85. The summed E-state index contributed by atoms with van der Waals surface area (Å²) in [5.41, 5.74) is 1.28. The summed E-state index contributed by atoms with van der Waals surface area (Å²) in [4.78, 5) is 0. The molecule has 102 valence electrons. The Bertz CT molecular complexity index is 324. The maximum absolute atomic E-state index is 9.44. The molecule has 0 heterocycles. The van der Waals surface area contributed by atoms with Crippen molar-refractivity contribution in [1.29, 1.82) is 0 Å². The van der Waals surface area contributed by atoms with Crippen LogP contribution < -0.4 is 10.1 Å². The highest BCUT2D eigenvalue weighted by atomic mass is 16.5. The molecule has 0 spiro atoms. The van der Waals surface area contributed by atoms with E-state index in [1.165, 1.54) is 5.56 Å². The molecule has 2 N–H and O–H groups in total. The molecular formula is C15H25NO2. The molecule has 1 aromatic rings. The van der Waals surface area contributed by atoms with Gasteiger partial charge in [-0.15, -0.1) is 0 Å². The Morgan fingerprint density at radius 2 is 1.78 bits per heavy atom. The maximum atomic E-state index is 9.44. The molecule has 0 fully saturated rings. The monoisotopic (exact) mass is 251 g/mol. The summed E-state index contributed by atoms with van der Waals surface area (Å²) < 4.78 is 5.52. The van der Waals surface area contributed by atoms with Crippen LogP contribution in [0.3, 0.4) is 0 Å². The summed E-state index contributed by atoms with van der Waals surface area (Å²) in [5.74, 6) is 0.817. The van der Waals surface area contributed by atoms with Crippen molar-refractivity contribution in [2.24, 2.45) is 0 Å². The van der Waals surface area contributed by atoms with Crippen LogP contribution in [0.25, 0.3) is 0 Å². The van der Waals surface area contributed by atoms with E-state index in [1.54, 1.807) is 0 Å². The van der Waals surface area contributed by atoms with Gasteiger partial charge in [-0.25, -0.2) is 0 Å². The smallest absolute Gasteiger partial charge is 0.119 e. The Labute approximate surface area is 110 Å². The molecule has 3 nitrogen and oxygen atoms in total. The van der Waals surface area contributed by atoms with Gasteiger partial charge in [0, 0.05) is 6.04 Å². The van der Waals surface area contributed by atoms with E-state index >= 15 is 0 Å². The lowest BCUT2D eigenvalue weighted by atomic mass is 10.0. The number of benzene rings is 1. The van der Waals surface area contributed by atoms with Crippen LogP contribution in [0.2, 0.25) is 0 Å². The summed E-state index contributed by atoms with van der Waals surface area (Å²) in [6, 6.07) is 8.52. The normalized spacial score (nSPS) is 14.2. The lowest BCUT2D eigenvalue weighted by Crippen LogP contribution is -2.20. The van der Waals surface area contributed by atoms with Crippen molar-refractivity contribution >= 4 is 0 Å². The van der Waals surface area contributed by atoms with E-state index in [-0.39, 0.29) is 6.10 Å². The third-order valence-corrected chi connectivity index (χ3v) is 3.05. The van der Waals surface area contributed by atoms with Crippen LogP contribution in [-0.4, -0.2) is 24.4 Å². The highest BCUT2D eigenvalue weighted by Crippen LogP contribution is 2.20. The van der Waals surface area contributed by atoms with Gasteiger partial charge < -0.3 is 15.2 Å². The summed E-state index contributed by atoms with van der Waals surface area (Å²) in [6.45, 7) is 7.57. The average Bonchev–Trinajstić information content (AvgIpc) is 2.42. The first kappa shape index (κ1) is 15.0. The van der Waals surface area contributed by atoms with Crippen LogP contribution in [0, 0.1) is 0 Å². The maximum Gasteiger partial charge on any atom is 0.119 e. The molecule has 18 heavy (non-hydrogen) atoms. The first-order chi connectivity index (χ1) is 8.71. The van der Waals surface area contributed by atoms with Gasteiger partial charge in [-0.05, 0) is 37.1 Å². The number of nitrogens with one attached hydrogen (secondary N) is 1. The second-order valence-corrected chi connectivity index (χ2v) is 4.46. The number of hydrogen-bond donors (Lipinski definition) is 2. The van der Waals surface area contributed by atoms with Gasteiger partial charge >= 0.3 is 0 Å². The Morgan fingerprint density at radius 3 is 2.28 bits per heavy atom. The third-order valence-electron chi connectivity index (χ3n) is 3.05. The molecule has 0 amide bonds. The molecule has 0 aromatic heterocycles. The van der Waals surface area contributed by atoms with Gasteiger partial charge in [-0.2, -0.15) is 0 Å². The molecule has 0 radical (unpaired) electrons. The van der Waals surface area contributed by atoms with Gasteiger partial charge in [0.05, 0.1) is 6.10 Å². The van der Waals surface area contributed by atoms with Crippen molar-refractivity contribution in [1.82, 2.24) is 5.32 Å². The largest absolute Gasteiger partial charge is 0.491 e. The van der Waals surface area contributed by atoms with Gasteiger partial charge in [-0.1, -0.05) is 32.9 Å². The zero-order valence-electron chi connectivity index (χ0n) is 11.6. The topological polar surface area (TPSA) is 41.5 Å². The molecule has 2 unspecified atom stereocenters. The second kappa shape index (κ2) is 8.11. The predicted molar refractivity (Wildman–Crippen MR) is 74.9 cm³/mol. The van der Waals surface area contributed by atoms with Gasteiger partial charge in [0.25, 0.3) is 0 Å². The third kappa shape index (κ3) is 4.67. The van der Waals surface area contributed by atoms with Crippen molar-refractivity contribution in [3.63, 3.8) is 0 Å². The lowest BCUT2D eigenvalue weighted by Gasteiger charge is -2.17. The lowest BCUT2D eigenvalue weighted by molar-refractivity contribution is 0.104. The fourth-order valence-corrected chi connectivity index (χ4v) is 1.85. The molecule has 1 rings (SSSR count). The highest BCUT2D eigenvalue weighted by Gasteiger charge is 2.07.